The van der Waals surface area contributed by atoms with E-state index in [0.717, 1.165) is 24.9 Å². The molecule has 4 heteroatoms. The van der Waals surface area contributed by atoms with Gasteiger partial charge in [0.25, 0.3) is 5.91 Å². The molecule has 1 unspecified atom stereocenters. The van der Waals surface area contributed by atoms with Gasteiger partial charge < -0.3 is 10.6 Å². The molecule has 0 saturated carbocycles. The third kappa shape index (κ3) is 2.88. The van der Waals surface area contributed by atoms with Crippen LogP contribution in [0.25, 0.3) is 0 Å². The monoisotopic (exact) mass is 247 g/mol. The highest BCUT2D eigenvalue weighted by Crippen LogP contribution is 2.18. The van der Waals surface area contributed by atoms with Gasteiger partial charge in [-0.05, 0) is 31.4 Å². The first kappa shape index (κ1) is 13.0. The average Bonchev–Trinajstić information content (AvgIpc) is 2.63. The third-order valence-electron chi connectivity index (χ3n) is 3.59. The van der Waals surface area contributed by atoms with Crippen LogP contribution in [-0.4, -0.2) is 28.4 Å². The van der Waals surface area contributed by atoms with E-state index in [-0.39, 0.29) is 5.91 Å². The molecule has 1 fully saturated rings. The molecule has 4 nitrogen and oxygen atoms in total. The quantitative estimate of drug-likeness (QED) is 0.869. The van der Waals surface area contributed by atoms with Crippen molar-refractivity contribution in [2.45, 2.75) is 45.2 Å². The summed E-state index contributed by atoms with van der Waals surface area (Å²) in [5, 5.41) is 0. The highest BCUT2D eigenvalue weighted by atomic mass is 16.2. The van der Waals surface area contributed by atoms with Crippen molar-refractivity contribution in [1.29, 1.82) is 0 Å². The minimum atomic E-state index is 0.0490. The molecule has 98 valence electrons. The Bertz CT molecular complexity index is 402. The van der Waals surface area contributed by atoms with E-state index in [4.69, 9.17) is 5.73 Å². The molecule has 18 heavy (non-hydrogen) atoms. The molecular formula is C14H21N3O. The third-order valence-corrected chi connectivity index (χ3v) is 3.59. The van der Waals surface area contributed by atoms with Crippen molar-refractivity contribution in [2.75, 3.05) is 6.54 Å². The second-order valence-corrected chi connectivity index (χ2v) is 4.95. The van der Waals surface area contributed by atoms with Crippen LogP contribution in [0.1, 0.15) is 48.7 Å². The first-order valence-corrected chi connectivity index (χ1v) is 6.68. The lowest BCUT2D eigenvalue weighted by Crippen LogP contribution is -2.38. The molecule has 0 spiro atoms. The van der Waals surface area contributed by atoms with E-state index in [9.17, 15) is 4.79 Å². The van der Waals surface area contributed by atoms with Crippen molar-refractivity contribution in [3.05, 3.63) is 29.6 Å². The number of hydrogen-bond donors (Lipinski definition) is 1. The SMILES string of the molecule is CC1CCCCCN1C(=O)c1ccc(CN)cn1. The molecule has 1 atom stereocenters. The van der Waals surface area contributed by atoms with Gasteiger partial charge in [-0.15, -0.1) is 0 Å². The van der Waals surface area contributed by atoms with E-state index in [1.165, 1.54) is 12.8 Å². The number of nitrogens with two attached hydrogens (primary N) is 1. The number of likely N-dealkylation sites (tertiary alicyclic amines) is 1. The van der Waals surface area contributed by atoms with Gasteiger partial charge in [-0.3, -0.25) is 9.78 Å². The van der Waals surface area contributed by atoms with E-state index in [2.05, 4.69) is 11.9 Å². The smallest absolute Gasteiger partial charge is 0.272 e. The Morgan fingerprint density at radius 2 is 2.28 bits per heavy atom. The maximum Gasteiger partial charge on any atom is 0.272 e. The topological polar surface area (TPSA) is 59.2 Å². The summed E-state index contributed by atoms with van der Waals surface area (Å²) in [5.41, 5.74) is 7.01. The highest BCUT2D eigenvalue weighted by Gasteiger charge is 2.23. The molecule has 1 aliphatic heterocycles. The van der Waals surface area contributed by atoms with Crippen LogP contribution in [0, 0.1) is 0 Å². The lowest BCUT2D eigenvalue weighted by Gasteiger charge is -2.26. The van der Waals surface area contributed by atoms with E-state index >= 15 is 0 Å². The number of aromatic nitrogens is 1. The Morgan fingerprint density at radius 1 is 1.44 bits per heavy atom. The normalized spacial score (nSPS) is 20.6. The number of carbonyl (C=O) groups is 1. The van der Waals surface area contributed by atoms with Gasteiger partial charge in [0.1, 0.15) is 5.69 Å². The fourth-order valence-corrected chi connectivity index (χ4v) is 2.40. The van der Waals surface area contributed by atoms with Crippen molar-refractivity contribution in [1.82, 2.24) is 9.88 Å². The minimum absolute atomic E-state index is 0.0490. The first-order chi connectivity index (χ1) is 8.72. The summed E-state index contributed by atoms with van der Waals surface area (Å²) in [4.78, 5) is 18.6. The van der Waals surface area contributed by atoms with Gasteiger partial charge in [0.05, 0.1) is 0 Å². The number of nitrogens with zero attached hydrogens (tertiary/aromatic N) is 2. The molecule has 0 aliphatic carbocycles. The summed E-state index contributed by atoms with van der Waals surface area (Å²) in [5.74, 6) is 0.0490. The molecule has 2 rings (SSSR count). The molecule has 2 N–H and O–H groups in total. The van der Waals surface area contributed by atoms with Crippen LogP contribution in [0.15, 0.2) is 18.3 Å². The molecule has 1 aliphatic rings. The Labute approximate surface area is 108 Å². The van der Waals surface area contributed by atoms with E-state index < -0.39 is 0 Å². The maximum atomic E-state index is 12.4. The van der Waals surface area contributed by atoms with Crippen molar-refractivity contribution < 1.29 is 4.79 Å². The van der Waals surface area contributed by atoms with Crippen molar-refractivity contribution in [3.63, 3.8) is 0 Å². The average molecular weight is 247 g/mol. The zero-order chi connectivity index (χ0) is 13.0. The Hall–Kier alpha value is -1.42. The predicted octanol–water partition coefficient (Wildman–Crippen LogP) is 1.95. The van der Waals surface area contributed by atoms with Crippen LogP contribution in [0.2, 0.25) is 0 Å². The summed E-state index contributed by atoms with van der Waals surface area (Å²) < 4.78 is 0. The second kappa shape index (κ2) is 5.96. The van der Waals surface area contributed by atoms with Crippen LogP contribution in [-0.2, 0) is 6.54 Å². The van der Waals surface area contributed by atoms with Crippen LogP contribution < -0.4 is 5.73 Å². The van der Waals surface area contributed by atoms with E-state index in [1.54, 1.807) is 12.3 Å². The summed E-state index contributed by atoms with van der Waals surface area (Å²) in [6.45, 7) is 3.43. The maximum absolute atomic E-state index is 12.4. The predicted molar refractivity (Wildman–Crippen MR) is 71.1 cm³/mol. The van der Waals surface area contributed by atoms with Crippen LogP contribution >= 0.6 is 0 Å². The fourth-order valence-electron chi connectivity index (χ4n) is 2.40. The molecule has 0 radical (unpaired) electrons. The second-order valence-electron chi connectivity index (χ2n) is 4.95. The lowest BCUT2D eigenvalue weighted by molar-refractivity contribution is 0.0692. The highest BCUT2D eigenvalue weighted by molar-refractivity contribution is 5.92. The Morgan fingerprint density at radius 3 is 2.94 bits per heavy atom. The molecule has 1 aromatic rings. The summed E-state index contributed by atoms with van der Waals surface area (Å²) >= 11 is 0. The van der Waals surface area contributed by atoms with Gasteiger partial charge >= 0.3 is 0 Å². The van der Waals surface area contributed by atoms with Gasteiger partial charge in [-0.1, -0.05) is 18.9 Å². The number of pyridine rings is 1. The van der Waals surface area contributed by atoms with Crippen LogP contribution in [0.3, 0.4) is 0 Å². The summed E-state index contributed by atoms with van der Waals surface area (Å²) in [6, 6.07) is 3.97. The number of rotatable bonds is 2. The van der Waals surface area contributed by atoms with E-state index in [1.807, 2.05) is 11.0 Å². The molecule has 2 heterocycles. The molecule has 1 amide bonds. The summed E-state index contributed by atoms with van der Waals surface area (Å²) in [6.07, 6.45) is 6.30. The van der Waals surface area contributed by atoms with Gasteiger partial charge in [-0.2, -0.15) is 0 Å². The lowest BCUT2D eigenvalue weighted by atomic mass is 10.1. The van der Waals surface area contributed by atoms with Gasteiger partial charge in [0, 0.05) is 25.3 Å². The molecule has 1 aromatic heterocycles. The fraction of sp³-hybridized carbons (Fsp3) is 0.571. The summed E-state index contributed by atoms with van der Waals surface area (Å²) in [7, 11) is 0. The van der Waals surface area contributed by atoms with Gasteiger partial charge in [0.15, 0.2) is 0 Å². The van der Waals surface area contributed by atoms with Crippen molar-refractivity contribution in [3.8, 4) is 0 Å². The van der Waals surface area contributed by atoms with Crippen LogP contribution in [0.4, 0.5) is 0 Å². The number of carbonyl (C=O) groups excluding carboxylic acids is 1. The number of hydrogen-bond acceptors (Lipinski definition) is 3. The van der Waals surface area contributed by atoms with Gasteiger partial charge in [0.2, 0.25) is 0 Å². The minimum Gasteiger partial charge on any atom is -0.335 e. The molecular weight excluding hydrogens is 226 g/mol. The molecule has 0 aromatic carbocycles. The molecule has 1 saturated heterocycles. The van der Waals surface area contributed by atoms with Crippen LogP contribution in [0.5, 0.6) is 0 Å². The Kier molecular flexibility index (Phi) is 4.31. The van der Waals surface area contributed by atoms with Gasteiger partial charge in [-0.25, -0.2) is 0 Å². The number of amides is 1. The van der Waals surface area contributed by atoms with Crippen molar-refractivity contribution >= 4 is 5.91 Å². The Balaban J connectivity index is 2.13. The largest absolute Gasteiger partial charge is 0.335 e. The van der Waals surface area contributed by atoms with Crippen molar-refractivity contribution in [2.24, 2.45) is 5.73 Å². The standard InChI is InChI=1S/C14H21N3O/c1-11-5-3-2-4-8-17(11)14(18)13-7-6-12(9-15)10-16-13/h6-7,10-11H,2-5,8-9,15H2,1H3. The zero-order valence-corrected chi connectivity index (χ0v) is 10.9. The zero-order valence-electron chi connectivity index (χ0n) is 10.9. The molecule has 0 bridgehead atoms. The van der Waals surface area contributed by atoms with E-state index in [0.29, 0.717) is 18.3 Å². The first-order valence-electron chi connectivity index (χ1n) is 6.68.